The Kier molecular flexibility index (Phi) is 8.23. The van der Waals surface area contributed by atoms with Crippen LogP contribution in [0.25, 0.3) is 17.1 Å². The van der Waals surface area contributed by atoms with Crippen LogP contribution >= 0.6 is 11.8 Å². The summed E-state index contributed by atoms with van der Waals surface area (Å²) in [7, 11) is 0. The van der Waals surface area contributed by atoms with E-state index in [0.29, 0.717) is 39.6 Å². The van der Waals surface area contributed by atoms with E-state index in [4.69, 9.17) is 0 Å². The van der Waals surface area contributed by atoms with Crippen molar-refractivity contribution in [2.75, 3.05) is 21.3 Å². The minimum Gasteiger partial charge on any atom is -0.406 e. The fourth-order valence-electron chi connectivity index (χ4n) is 4.71. The summed E-state index contributed by atoms with van der Waals surface area (Å²) in [6.07, 6.45) is -2.82. The maximum absolute atomic E-state index is 12.9. The topological polar surface area (TPSA) is 114 Å². The Morgan fingerprint density at radius 2 is 1.76 bits per heavy atom. The largest absolute Gasteiger partial charge is 0.573 e. The summed E-state index contributed by atoms with van der Waals surface area (Å²) in [6, 6.07) is 19.4. The van der Waals surface area contributed by atoms with E-state index in [2.05, 4.69) is 30.4 Å². The predicted octanol–water partition coefficient (Wildman–Crippen LogP) is 7.20. The fourth-order valence-corrected chi connectivity index (χ4v) is 5.57. The number of nitrogens with zero attached hydrogens (tertiary/aromatic N) is 5. The molecular formula is C31H28F3N7O3S. The molecule has 4 aromatic rings. The summed E-state index contributed by atoms with van der Waals surface area (Å²) in [5.41, 5.74) is 3.33. The first-order valence-electron chi connectivity index (χ1n) is 14.2. The highest BCUT2D eigenvalue weighted by molar-refractivity contribution is 8.15. The van der Waals surface area contributed by atoms with Crippen LogP contribution < -0.4 is 20.3 Å². The SMILES string of the molecule is CC(C)c1ccccc1N1C(=O)CSC1=NC(=O)Nc1ccc(-c2nc(NC3CC3)n(-c3ccc(OC(F)(F)F)cc3)n2)cc1. The molecule has 2 N–H and O–H groups in total. The molecule has 0 spiro atoms. The van der Waals surface area contributed by atoms with Gasteiger partial charge in [0.2, 0.25) is 11.9 Å². The number of benzene rings is 3. The van der Waals surface area contributed by atoms with Gasteiger partial charge in [-0.1, -0.05) is 43.8 Å². The van der Waals surface area contributed by atoms with Crippen molar-refractivity contribution in [3.8, 4) is 22.8 Å². The van der Waals surface area contributed by atoms with Crippen LogP contribution in [-0.4, -0.2) is 50.0 Å². The van der Waals surface area contributed by atoms with E-state index >= 15 is 0 Å². The van der Waals surface area contributed by atoms with Crippen molar-refractivity contribution in [3.05, 3.63) is 78.4 Å². The maximum Gasteiger partial charge on any atom is 0.573 e. The molecule has 6 rings (SSSR count). The highest BCUT2D eigenvalue weighted by Crippen LogP contribution is 2.34. The number of ether oxygens (including phenoxy) is 1. The molecule has 45 heavy (non-hydrogen) atoms. The lowest BCUT2D eigenvalue weighted by Gasteiger charge is -2.21. The summed E-state index contributed by atoms with van der Waals surface area (Å²) in [5.74, 6) is 0.725. The van der Waals surface area contributed by atoms with Crippen LogP contribution in [0.4, 0.5) is 35.3 Å². The van der Waals surface area contributed by atoms with Crippen LogP contribution in [0.2, 0.25) is 0 Å². The number of thioether (sulfide) groups is 1. The molecular weight excluding hydrogens is 607 g/mol. The van der Waals surface area contributed by atoms with Gasteiger partial charge >= 0.3 is 12.4 Å². The molecule has 2 heterocycles. The second-order valence-corrected chi connectivity index (χ2v) is 11.7. The van der Waals surface area contributed by atoms with Crippen molar-refractivity contribution < 1.29 is 27.5 Å². The van der Waals surface area contributed by atoms with Crippen molar-refractivity contribution >= 4 is 46.2 Å². The number of nitrogens with one attached hydrogen (secondary N) is 2. The van der Waals surface area contributed by atoms with Crippen LogP contribution in [0.5, 0.6) is 5.75 Å². The average Bonchev–Trinajstić information content (AvgIpc) is 3.61. The maximum atomic E-state index is 12.9. The number of amidine groups is 1. The van der Waals surface area contributed by atoms with Gasteiger partial charge < -0.3 is 15.4 Å². The Labute approximate surface area is 260 Å². The number of hydrogen-bond donors (Lipinski definition) is 2. The Morgan fingerprint density at radius 1 is 1.04 bits per heavy atom. The quantitative estimate of drug-likeness (QED) is 0.211. The summed E-state index contributed by atoms with van der Waals surface area (Å²) < 4.78 is 43.3. The zero-order valence-electron chi connectivity index (χ0n) is 24.2. The third-order valence-corrected chi connectivity index (χ3v) is 7.91. The van der Waals surface area contributed by atoms with E-state index in [-0.39, 0.29) is 29.4 Å². The van der Waals surface area contributed by atoms with Crippen molar-refractivity contribution in [3.63, 3.8) is 0 Å². The highest BCUT2D eigenvalue weighted by atomic mass is 32.2. The molecule has 232 valence electrons. The number of carbonyl (C=O) groups excluding carboxylic acids is 2. The Morgan fingerprint density at radius 3 is 2.42 bits per heavy atom. The van der Waals surface area contributed by atoms with Gasteiger partial charge in [-0.2, -0.15) is 14.7 Å². The molecule has 1 aromatic heterocycles. The van der Waals surface area contributed by atoms with Crippen LogP contribution in [0, 0.1) is 0 Å². The molecule has 3 amide bonds. The van der Waals surface area contributed by atoms with Gasteiger partial charge in [0, 0.05) is 17.3 Å². The Balaban J connectivity index is 1.18. The van der Waals surface area contributed by atoms with Gasteiger partial charge in [-0.25, -0.2) is 4.79 Å². The minimum absolute atomic E-state index is 0.142. The van der Waals surface area contributed by atoms with Crippen molar-refractivity contribution in [2.24, 2.45) is 4.99 Å². The van der Waals surface area contributed by atoms with E-state index < -0.39 is 12.4 Å². The van der Waals surface area contributed by atoms with E-state index in [0.717, 1.165) is 18.4 Å². The van der Waals surface area contributed by atoms with Crippen LogP contribution in [-0.2, 0) is 4.79 Å². The monoisotopic (exact) mass is 635 g/mol. The highest BCUT2D eigenvalue weighted by Gasteiger charge is 2.33. The minimum atomic E-state index is -4.78. The van der Waals surface area contributed by atoms with E-state index in [1.54, 1.807) is 24.3 Å². The summed E-state index contributed by atoms with van der Waals surface area (Å²) in [4.78, 5) is 35.9. The van der Waals surface area contributed by atoms with Gasteiger partial charge in [0.1, 0.15) is 5.75 Å². The van der Waals surface area contributed by atoms with Crippen molar-refractivity contribution in [1.29, 1.82) is 0 Å². The van der Waals surface area contributed by atoms with Crippen LogP contribution in [0.3, 0.4) is 0 Å². The molecule has 0 atom stereocenters. The Bertz CT molecular complexity index is 1750. The normalized spacial score (nSPS) is 16.0. The van der Waals surface area contributed by atoms with E-state index in [9.17, 15) is 22.8 Å². The van der Waals surface area contributed by atoms with Crippen molar-refractivity contribution in [1.82, 2.24) is 14.8 Å². The Hall–Kier alpha value is -4.85. The molecule has 0 radical (unpaired) electrons. The number of carbonyl (C=O) groups is 2. The summed E-state index contributed by atoms with van der Waals surface area (Å²) in [6.45, 7) is 4.08. The number of aromatic nitrogens is 3. The number of amides is 3. The molecule has 2 aliphatic rings. The van der Waals surface area contributed by atoms with Crippen molar-refractivity contribution in [2.45, 2.75) is 45.0 Å². The van der Waals surface area contributed by atoms with Gasteiger partial charge in [-0.05, 0) is 78.9 Å². The van der Waals surface area contributed by atoms with Gasteiger partial charge in [-0.3, -0.25) is 9.69 Å². The van der Waals surface area contributed by atoms with E-state index in [1.807, 2.05) is 38.1 Å². The molecule has 1 aliphatic heterocycles. The van der Waals surface area contributed by atoms with Gasteiger partial charge in [0.05, 0.1) is 17.1 Å². The first-order chi connectivity index (χ1) is 21.5. The van der Waals surface area contributed by atoms with Gasteiger partial charge in [-0.15, -0.1) is 18.3 Å². The zero-order chi connectivity index (χ0) is 31.7. The number of halogens is 3. The second kappa shape index (κ2) is 12.3. The first kappa shape index (κ1) is 30.2. The molecule has 14 heteroatoms. The summed E-state index contributed by atoms with van der Waals surface area (Å²) in [5, 5.41) is 10.9. The molecule has 0 bridgehead atoms. The molecule has 3 aromatic carbocycles. The molecule has 1 saturated heterocycles. The number of hydrogen-bond acceptors (Lipinski definition) is 7. The molecule has 2 fully saturated rings. The van der Waals surface area contributed by atoms with Crippen LogP contribution in [0.1, 0.15) is 38.2 Å². The summed E-state index contributed by atoms with van der Waals surface area (Å²) >= 11 is 1.21. The number of para-hydroxylation sites is 1. The second-order valence-electron chi connectivity index (χ2n) is 10.8. The number of alkyl halides is 3. The number of urea groups is 1. The third kappa shape index (κ3) is 7.11. The average molecular weight is 636 g/mol. The smallest absolute Gasteiger partial charge is 0.406 e. The fraction of sp³-hybridized carbons (Fsp3) is 0.258. The number of anilines is 3. The molecule has 10 nitrogen and oxygen atoms in total. The standard InChI is InChI=1S/C31H28F3N7O3S/c1-18(2)24-5-3-4-6-25(24)40-26(42)17-45-30(40)38-29(43)36-21-9-7-19(8-10-21)27-37-28(35-20-11-12-20)41(39-27)22-13-15-23(16-14-22)44-31(32,33)34/h3-10,13-16,18,20H,11-12,17H2,1-2H3,(H,36,43)(H,35,37,39). The van der Waals surface area contributed by atoms with Gasteiger partial charge in [0.15, 0.2) is 11.0 Å². The third-order valence-electron chi connectivity index (χ3n) is 6.99. The molecule has 1 saturated carbocycles. The number of rotatable bonds is 8. The lowest BCUT2D eigenvalue weighted by molar-refractivity contribution is -0.274. The van der Waals surface area contributed by atoms with Gasteiger partial charge in [0.25, 0.3) is 0 Å². The number of aliphatic imine (C=N–C) groups is 1. The lowest BCUT2D eigenvalue weighted by atomic mass is 10.0. The lowest BCUT2D eigenvalue weighted by Crippen LogP contribution is -2.31. The molecule has 0 unspecified atom stereocenters. The zero-order valence-corrected chi connectivity index (χ0v) is 25.0. The van der Waals surface area contributed by atoms with Crippen LogP contribution in [0.15, 0.2) is 77.8 Å². The predicted molar refractivity (Wildman–Crippen MR) is 167 cm³/mol. The van der Waals surface area contributed by atoms with E-state index in [1.165, 1.54) is 45.6 Å². The first-order valence-corrected chi connectivity index (χ1v) is 15.2. The molecule has 1 aliphatic carbocycles.